The molecule has 1 aromatic carbocycles. The number of hydrogen-bond acceptors (Lipinski definition) is 3. The van der Waals surface area contributed by atoms with Gasteiger partial charge in [0.25, 0.3) is 0 Å². The molecule has 0 saturated heterocycles. The van der Waals surface area contributed by atoms with Crippen LogP contribution in [0.4, 0.5) is 4.39 Å². The number of nitrogens with one attached hydrogen (secondary N) is 1. The van der Waals surface area contributed by atoms with Crippen LogP contribution in [-0.2, 0) is 4.74 Å². The summed E-state index contributed by atoms with van der Waals surface area (Å²) in [5.41, 5.74) is 1.44. The lowest BCUT2D eigenvalue weighted by Crippen LogP contribution is -2.23. The maximum Gasteiger partial charge on any atom is 0.126 e. The van der Waals surface area contributed by atoms with Gasteiger partial charge >= 0.3 is 0 Å². The molecule has 0 fully saturated rings. The van der Waals surface area contributed by atoms with Gasteiger partial charge in [-0.3, -0.25) is 0 Å². The van der Waals surface area contributed by atoms with Crippen LogP contribution in [0.15, 0.2) is 12.1 Å². The Morgan fingerprint density at radius 2 is 1.95 bits per heavy atom. The Kier molecular flexibility index (Phi) is 6.96. The zero-order valence-corrected chi connectivity index (χ0v) is 13.1. The van der Waals surface area contributed by atoms with Gasteiger partial charge in [-0.1, -0.05) is 6.92 Å². The quantitative estimate of drug-likeness (QED) is 0.790. The van der Waals surface area contributed by atoms with Gasteiger partial charge in [0.2, 0.25) is 0 Å². The van der Waals surface area contributed by atoms with Gasteiger partial charge < -0.3 is 14.8 Å². The monoisotopic (exact) mass is 283 g/mol. The Balaban J connectivity index is 2.94. The van der Waals surface area contributed by atoms with Crippen LogP contribution >= 0.6 is 0 Å². The topological polar surface area (TPSA) is 30.5 Å². The fourth-order valence-electron chi connectivity index (χ4n) is 2.06. The zero-order valence-electron chi connectivity index (χ0n) is 13.1. The SMILES string of the molecule is CCNC(C)c1cc(F)c(C)cc1OC(C)COCC. The number of aryl methyl sites for hydroxylation is 1. The van der Waals surface area contributed by atoms with E-state index in [1.165, 1.54) is 0 Å². The molecule has 0 aliphatic heterocycles. The van der Waals surface area contributed by atoms with E-state index >= 15 is 0 Å². The highest BCUT2D eigenvalue weighted by Crippen LogP contribution is 2.29. The first-order valence-electron chi connectivity index (χ1n) is 7.27. The zero-order chi connectivity index (χ0) is 15.1. The summed E-state index contributed by atoms with van der Waals surface area (Å²) in [6, 6.07) is 3.37. The van der Waals surface area contributed by atoms with Crippen molar-refractivity contribution in [3.63, 3.8) is 0 Å². The van der Waals surface area contributed by atoms with E-state index in [-0.39, 0.29) is 18.0 Å². The molecule has 0 bridgehead atoms. The molecule has 0 aromatic heterocycles. The molecule has 114 valence electrons. The van der Waals surface area contributed by atoms with Crippen molar-refractivity contribution < 1.29 is 13.9 Å². The highest BCUT2D eigenvalue weighted by Gasteiger charge is 2.16. The predicted octanol–water partition coefficient (Wildman–Crippen LogP) is 3.61. The van der Waals surface area contributed by atoms with Gasteiger partial charge in [-0.15, -0.1) is 0 Å². The molecule has 1 N–H and O–H groups in total. The van der Waals surface area contributed by atoms with E-state index in [4.69, 9.17) is 9.47 Å². The third-order valence-corrected chi connectivity index (χ3v) is 3.15. The van der Waals surface area contributed by atoms with Crippen molar-refractivity contribution in [2.75, 3.05) is 19.8 Å². The number of ether oxygens (including phenoxy) is 2. The molecule has 2 unspecified atom stereocenters. The fraction of sp³-hybridized carbons (Fsp3) is 0.625. The van der Waals surface area contributed by atoms with Crippen molar-refractivity contribution in [3.8, 4) is 5.75 Å². The first kappa shape index (κ1) is 16.9. The minimum Gasteiger partial charge on any atom is -0.488 e. The second-order valence-corrected chi connectivity index (χ2v) is 5.01. The van der Waals surface area contributed by atoms with Crippen molar-refractivity contribution in [3.05, 3.63) is 29.1 Å². The summed E-state index contributed by atoms with van der Waals surface area (Å²) in [5.74, 6) is 0.527. The predicted molar refractivity (Wildman–Crippen MR) is 79.8 cm³/mol. The Morgan fingerprint density at radius 3 is 2.55 bits per heavy atom. The van der Waals surface area contributed by atoms with E-state index < -0.39 is 0 Å². The average molecular weight is 283 g/mol. The van der Waals surface area contributed by atoms with Crippen molar-refractivity contribution in [1.82, 2.24) is 5.32 Å². The van der Waals surface area contributed by atoms with E-state index in [2.05, 4.69) is 5.32 Å². The number of halogens is 1. The summed E-state index contributed by atoms with van der Waals surface area (Å²) in [6.45, 7) is 11.7. The van der Waals surface area contributed by atoms with Crippen molar-refractivity contribution >= 4 is 0 Å². The highest BCUT2D eigenvalue weighted by molar-refractivity contribution is 5.40. The minimum atomic E-state index is -0.199. The van der Waals surface area contributed by atoms with Gasteiger partial charge in [0.15, 0.2) is 0 Å². The van der Waals surface area contributed by atoms with Crippen LogP contribution in [0.25, 0.3) is 0 Å². The molecule has 0 amide bonds. The van der Waals surface area contributed by atoms with Crippen molar-refractivity contribution in [2.45, 2.75) is 46.8 Å². The molecule has 20 heavy (non-hydrogen) atoms. The summed E-state index contributed by atoms with van der Waals surface area (Å²) in [6.07, 6.45) is -0.0626. The fourth-order valence-corrected chi connectivity index (χ4v) is 2.06. The third-order valence-electron chi connectivity index (χ3n) is 3.15. The van der Waals surface area contributed by atoms with E-state index in [0.29, 0.717) is 18.8 Å². The van der Waals surface area contributed by atoms with E-state index in [1.54, 1.807) is 19.1 Å². The normalized spacial score (nSPS) is 14.1. The Morgan fingerprint density at radius 1 is 1.25 bits per heavy atom. The van der Waals surface area contributed by atoms with E-state index in [9.17, 15) is 4.39 Å². The highest BCUT2D eigenvalue weighted by atomic mass is 19.1. The lowest BCUT2D eigenvalue weighted by molar-refractivity contribution is 0.0649. The molecule has 4 heteroatoms. The summed E-state index contributed by atoms with van der Waals surface area (Å²) in [4.78, 5) is 0. The van der Waals surface area contributed by atoms with Gasteiger partial charge in [0, 0.05) is 18.2 Å². The van der Waals surface area contributed by atoms with Crippen LogP contribution < -0.4 is 10.1 Å². The first-order chi connectivity index (χ1) is 9.49. The maximum atomic E-state index is 13.8. The number of rotatable bonds is 8. The summed E-state index contributed by atoms with van der Waals surface area (Å²) >= 11 is 0. The van der Waals surface area contributed by atoms with Gasteiger partial charge in [-0.2, -0.15) is 0 Å². The van der Waals surface area contributed by atoms with E-state index in [1.807, 2.05) is 27.7 Å². The molecular weight excluding hydrogens is 257 g/mol. The number of hydrogen-bond donors (Lipinski definition) is 1. The molecule has 0 radical (unpaired) electrons. The van der Waals surface area contributed by atoms with Crippen LogP contribution in [0.5, 0.6) is 5.75 Å². The lowest BCUT2D eigenvalue weighted by atomic mass is 10.0. The van der Waals surface area contributed by atoms with Crippen LogP contribution in [0.1, 0.15) is 44.9 Å². The number of benzene rings is 1. The Bertz CT molecular complexity index is 423. The van der Waals surface area contributed by atoms with E-state index in [0.717, 1.165) is 17.9 Å². The van der Waals surface area contributed by atoms with Gasteiger partial charge in [-0.25, -0.2) is 4.39 Å². The molecular formula is C16H26FNO2. The molecule has 0 spiro atoms. The standard InChI is InChI=1S/C16H26FNO2/c1-6-18-13(5)14-9-15(17)11(3)8-16(14)20-12(4)10-19-7-2/h8-9,12-13,18H,6-7,10H2,1-5H3. The van der Waals surface area contributed by atoms with Crippen LogP contribution in [0.2, 0.25) is 0 Å². The molecule has 0 heterocycles. The molecule has 3 nitrogen and oxygen atoms in total. The molecule has 2 atom stereocenters. The third kappa shape index (κ3) is 4.76. The van der Waals surface area contributed by atoms with Gasteiger partial charge in [-0.05, 0) is 51.9 Å². The first-order valence-corrected chi connectivity index (χ1v) is 7.27. The minimum absolute atomic E-state index is 0.0457. The molecule has 0 aliphatic carbocycles. The second kappa shape index (κ2) is 8.22. The molecule has 1 rings (SSSR count). The smallest absolute Gasteiger partial charge is 0.126 e. The van der Waals surface area contributed by atoms with Crippen LogP contribution in [0, 0.1) is 12.7 Å². The second-order valence-electron chi connectivity index (χ2n) is 5.01. The maximum absolute atomic E-state index is 13.8. The van der Waals surface area contributed by atoms with Gasteiger partial charge in [0.05, 0.1) is 6.61 Å². The summed E-state index contributed by atoms with van der Waals surface area (Å²) in [5, 5.41) is 3.29. The molecule has 0 aliphatic rings. The van der Waals surface area contributed by atoms with Crippen molar-refractivity contribution in [1.29, 1.82) is 0 Å². The summed E-state index contributed by atoms with van der Waals surface area (Å²) in [7, 11) is 0. The summed E-state index contributed by atoms with van der Waals surface area (Å²) < 4.78 is 25.1. The molecule has 0 saturated carbocycles. The Hall–Kier alpha value is -1.13. The molecule has 1 aromatic rings. The Labute approximate surface area is 121 Å². The van der Waals surface area contributed by atoms with Crippen LogP contribution in [-0.4, -0.2) is 25.9 Å². The average Bonchev–Trinajstić information content (AvgIpc) is 2.40. The van der Waals surface area contributed by atoms with Crippen LogP contribution in [0.3, 0.4) is 0 Å². The van der Waals surface area contributed by atoms with Crippen molar-refractivity contribution in [2.24, 2.45) is 0 Å². The lowest BCUT2D eigenvalue weighted by Gasteiger charge is -2.22. The van der Waals surface area contributed by atoms with Gasteiger partial charge in [0.1, 0.15) is 17.7 Å². The largest absolute Gasteiger partial charge is 0.488 e.